The van der Waals surface area contributed by atoms with Gasteiger partial charge in [0, 0.05) is 18.5 Å². The summed E-state index contributed by atoms with van der Waals surface area (Å²) in [5.74, 6) is 5.57. The van der Waals surface area contributed by atoms with Gasteiger partial charge < -0.3 is 9.84 Å². The molecule has 2 N–H and O–H groups in total. The Bertz CT molecular complexity index is 600. The third-order valence-electron chi connectivity index (χ3n) is 2.46. The summed E-state index contributed by atoms with van der Waals surface area (Å²) >= 11 is 0. The van der Waals surface area contributed by atoms with Crippen molar-refractivity contribution in [2.24, 2.45) is 0 Å². The molecule has 0 aliphatic rings. The maximum atomic E-state index is 12.1. The Kier molecular flexibility index (Phi) is 7.40. The van der Waals surface area contributed by atoms with E-state index < -0.39 is 10.0 Å². The topological polar surface area (TPSA) is 75.6 Å². The number of hydrogen-bond donors (Lipinski definition) is 2. The fraction of sp³-hybridized carbons (Fsp3) is 0.467. The van der Waals surface area contributed by atoms with Crippen molar-refractivity contribution >= 4 is 10.0 Å². The van der Waals surface area contributed by atoms with Crippen LogP contribution in [0.2, 0.25) is 0 Å². The molecule has 0 amide bonds. The van der Waals surface area contributed by atoms with Crippen LogP contribution in [0.4, 0.5) is 0 Å². The van der Waals surface area contributed by atoms with Gasteiger partial charge in [-0.2, -0.15) is 0 Å². The summed E-state index contributed by atoms with van der Waals surface area (Å²) in [6.07, 6.45) is 0.432. The highest BCUT2D eigenvalue weighted by Crippen LogP contribution is 2.10. The van der Waals surface area contributed by atoms with Crippen LogP contribution in [0.5, 0.6) is 0 Å². The first-order valence-electron chi connectivity index (χ1n) is 6.77. The molecule has 1 rings (SSSR count). The van der Waals surface area contributed by atoms with Gasteiger partial charge in [-0.05, 0) is 32.0 Å². The molecule has 1 aromatic carbocycles. The Balaban J connectivity index is 2.70. The molecule has 0 unspecified atom stereocenters. The molecule has 0 saturated carbocycles. The van der Waals surface area contributed by atoms with Gasteiger partial charge in [0.2, 0.25) is 10.0 Å². The van der Waals surface area contributed by atoms with Crippen LogP contribution in [-0.4, -0.2) is 39.4 Å². The monoisotopic (exact) mass is 311 g/mol. The SMILES string of the molecule is CC(C)OCCNS(=O)(=O)c1cccc(C#CCCO)c1. The molecule has 6 heteroatoms. The van der Waals surface area contributed by atoms with Crippen molar-refractivity contribution in [2.45, 2.75) is 31.3 Å². The van der Waals surface area contributed by atoms with Crippen LogP contribution in [0.25, 0.3) is 0 Å². The van der Waals surface area contributed by atoms with E-state index in [1.165, 1.54) is 12.1 Å². The molecule has 0 atom stereocenters. The molecule has 0 aliphatic carbocycles. The quantitative estimate of drug-likeness (QED) is 0.584. The smallest absolute Gasteiger partial charge is 0.240 e. The van der Waals surface area contributed by atoms with Crippen molar-refractivity contribution < 1.29 is 18.3 Å². The molecule has 5 nitrogen and oxygen atoms in total. The molecule has 0 aliphatic heterocycles. The zero-order valence-electron chi connectivity index (χ0n) is 12.3. The van der Waals surface area contributed by atoms with Gasteiger partial charge in [0.25, 0.3) is 0 Å². The van der Waals surface area contributed by atoms with E-state index in [9.17, 15) is 8.42 Å². The highest BCUT2D eigenvalue weighted by atomic mass is 32.2. The second-order valence-electron chi connectivity index (χ2n) is 4.62. The van der Waals surface area contributed by atoms with Crippen molar-refractivity contribution in [3.05, 3.63) is 29.8 Å². The van der Waals surface area contributed by atoms with E-state index >= 15 is 0 Å². The van der Waals surface area contributed by atoms with E-state index in [0.717, 1.165) is 0 Å². The largest absolute Gasteiger partial charge is 0.395 e. The summed E-state index contributed by atoms with van der Waals surface area (Å²) < 4.78 is 32.0. The average Bonchev–Trinajstić information content (AvgIpc) is 2.44. The zero-order valence-corrected chi connectivity index (χ0v) is 13.1. The third-order valence-corrected chi connectivity index (χ3v) is 3.92. The van der Waals surface area contributed by atoms with Crippen LogP contribution in [0.1, 0.15) is 25.8 Å². The molecule has 0 saturated heterocycles. The van der Waals surface area contributed by atoms with Crippen LogP contribution in [0, 0.1) is 11.8 Å². The summed E-state index contributed by atoms with van der Waals surface area (Å²) in [6, 6.07) is 6.40. The van der Waals surface area contributed by atoms with E-state index in [-0.39, 0.29) is 24.2 Å². The number of nitrogens with one attached hydrogen (secondary N) is 1. The second-order valence-corrected chi connectivity index (χ2v) is 6.39. The average molecular weight is 311 g/mol. The lowest BCUT2D eigenvalue weighted by Crippen LogP contribution is -2.28. The maximum Gasteiger partial charge on any atom is 0.240 e. The van der Waals surface area contributed by atoms with E-state index in [1.807, 2.05) is 13.8 Å². The number of hydrogen-bond acceptors (Lipinski definition) is 4. The fourth-order valence-corrected chi connectivity index (χ4v) is 2.57. The van der Waals surface area contributed by atoms with Gasteiger partial charge in [-0.1, -0.05) is 17.9 Å². The molecule has 21 heavy (non-hydrogen) atoms. The Labute approximate surface area is 126 Å². The molecule has 116 valence electrons. The van der Waals surface area contributed by atoms with E-state index in [0.29, 0.717) is 18.6 Å². The van der Waals surface area contributed by atoms with Crippen LogP contribution < -0.4 is 4.72 Å². The first kappa shape index (κ1) is 17.7. The van der Waals surface area contributed by atoms with Crippen molar-refractivity contribution in [3.8, 4) is 11.8 Å². The van der Waals surface area contributed by atoms with Gasteiger partial charge in [0.1, 0.15) is 0 Å². The number of rotatable bonds is 7. The van der Waals surface area contributed by atoms with E-state index in [4.69, 9.17) is 9.84 Å². The minimum Gasteiger partial charge on any atom is -0.395 e. The van der Waals surface area contributed by atoms with Crippen molar-refractivity contribution in [3.63, 3.8) is 0 Å². The Morgan fingerprint density at radius 1 is 1.38 bits per heavy atom. The minimum absolute atomic E-state index is 0.0115. The first-order chi connectivity index (χ1) is 9.95. The van der Waals surface area contributed by atoms with Gasteiger partial charge in [-0.3, -0.25) is 0 Å². The molecule has 0 radical (unpaired) electrons. The van der Waals surface area contributed by atoms with Crippen LogP contribution in [0.15, 0.2) is 29.2 Å². The molecule has 0 spiro atoms. The van der Waals surface area contributed by atoms with Crippen molar-refractivity contribution in [1.82, 2.24) is 4.72 Å². The molecular formula is C15H21NO4S. The number of aliphatic hydroxyl groups excluding tert-OH is 1. The van der Waals surface area contributed by atoms with E-state index in [1.54, 1.807) is 12.1 Å². The number of sulfonamides is 1. The number of aliphatic hydroxyl groups is 1. The summed E-state index contributed by atoms with van der Waals surface area (Å²) in [4.78, 5) is 0.169. The van der Waals surface area contributed by atoms with Gasteiger partial charge >= 0.3 is 0 Å². The van der Waals surface area contributed by atoms with Gasteiger partial charge in [-0.15, -0.1) is 0 Å². The predicted octanol–water partition coefficient (Wildman–Crippen LogP) is 1.12. The van der Waals surface area contributed by atoms with Crippen molar-refractivity contribution in [1.29, 1.82) is 0 Å². The summed E-state index contributed by atoms with van der Waals surface area (Å²) in [5, 5.41) is 8.67. The van der Waals surface area contributed by atoms with Gasteiger partial charge in [0.15, 0.2) is 0 Å². The lowest BCUT2D eigenvalue weighted by Gasteiger charge is -2.09. The second kappa shape index (κ2) is 8.80. The number of ether oxygens (including phenoxy) is 1. The molecule has 0 fully saturated rings. The number of benzene rings is 1. The van der Waals surface area contributed by atoms with Crippen LogP contribution in [-0.2, 0) is 14.8 Å². The maximum absolute atomic E-state index is 12.1. The Morgan fingerprint density at radius 3 is 2.81 bits per heavy atom. The molecule has 0 aromatic heterocycles. The van der Waals surface area contributed by atoms with Gasteiger partial charge in [0.05, 0.1) is 24.2 Å². The summed E-state index contributed by atoms with van der Waals surface area (Å²) in [5.41, 5.74) is 0.602. The molecule has 0 heterocycles. The minimum atomic E-state index is -3.56. The molecular weight excluding hydrogens is 290 g/mol. The van der Waals surface area contributed by atoms with Gasteiger partial charge in [-0.25, -0.2) is 13.1 Å². The Hall–Kier alpha value is -1.39. The fourth-order valence-electron chi connectivity index (χ4n) is 1.52. The normalized spacial score (nSPS) is 11.2. The zero-order chi connectivity index (χ0) is 15.7. The highest BCUT2D eigenvalue weighted by molar-refractivity contribution is 7.89. The highest BCUT2D eigenvalue weighted by Gasteiger charge is 2.13. The standard InChI is InChI=1S/C15H21NO4S/c1-13(2)20-11-9-16-21(18,19)15-8-5-7-14(12-15)6-3-4-10-17/h5,7-8,12-13,16-17H,4,9-11H2,1-2H3. The third kappa shape index (κ3) is 6.74. The molecule has 1 aromatic rings. The lowest BCUT2D eigenvalue weighted by atomic mass is 10.2. The lowest BCUT2D eigenvalue weighted by molar-refractivity contribution is 0.0834. The summed E-state index contributed by atoms with van der Waals surface area (Å²) in [6.45, 7) is 4.32. The van der Waals surface area contributed by atoms with Crippen molar-refractivity contribution in [2.75, 3.05) is 19.8 Å². The summed E-state index contributed by atoms with van der Waals surface area (Å²) in [7, 11) is -3.56. The van der Waals surface area contributed by atoms with Crippen LogP contribution in [0.3, 0.4) is 0 Å². The van der Waals surface area contributed by atoms with Crippen LogP contribution >= 0.6 is 0 Å². The van der Waals surface area contributed by atoms with E-state index in [2.05, 4.69) is 16.6 Å². The molecule has 0 bridgehead atoms. The predicted molar refractivity (Wildman–Crippen MR) is 81.3 cm³/mol. The first-order valence-corrected chi connectivity index (χ1v) is 8.25. The Morgan fingerprint density at radius 2 is 2.14 bits per heavy atom.